The molecule has 0 aliphatic carbocycles. The Kier molecular flexibility index (Phi) is 5.94. The summed E-state index contributed by atoms with van der Waals surface area (Å²) in [5, 5.41) is 2.67. The van der Waals surface area contributed by atoms with Crippen LogP contribution in [-0.4, -0.2) is 42.9 Å². The van der Waals surface area contributed by atoms with Crippen LogP contribution in [-0.2, 0) is 9.59 Å². The Morgan fingerprint density at radius 2 is 1.27 bits per heavy atom. The molecule has 3 aromatic carbocycles. The van der Waals surface area contributed by atoms with Crippen molar-refractivity contribution in [1.82, 2.24) is 4.90 Å². The van der Waals surface area contributed by atoms with Crippen LogP contribution in [0.1, 0.15) is 0 Å². The molecule has 0 bridgehead atoms. The molecule has 6 heteroatoms. The van der Waals surface area contributed by atoms with Gasteiger partial charge in [-0.15, -0.1) is 0 Å². The number of carbonyl (C=O) groups is 2. The Morgan fingerprint density at radius 3 is 1.90 bits per heavy atom. The van der Waals surface area contributed by atoms with E-state index in [1.54, 1.807) is 29.2 Å². The number of nitrogens with zero attached hydrogens (tertiary/aromatic N) is 2. The Hall–Kier alpha value is -3.80. The third kappa shape index (κ3) is 4.78. The number of para-hydroxylation sites is 2. The molecular weight excluding hydrogens is 378 g/mol. The minimum atomic E-state index is -0.625. The van der Waals surface area contributed by atoms with Gasteiger partial charge < -0.3 is 19.9 Å². The van der Waals surface area contributed by atoms with Crippen molar-refractivity contribution in [1.29, 1.82) is 0 Å². The van der Waals surface area contributed by atoms with Crippen LogP contribution in [0.15, 0.2) is 84.9 Å². The van der Waals surface area contributed by atoms with Crippen LogP contribution in [0.25, 0.3) is 0 Å². The highest BCUT2D eigenvalue weighted by Crippen LogP contribution is 2.22. The lowest BCUT2D eigenvalue weighted by Crippen LogP contribution is -2.51. The average Bonchev–Trinajstić information content (AvgIpc) is 2.81. The first-order valence-corrected chi connectivity index (χ1v) is 9.92. The minimum Gasteiger partial charge on any atom is -0.457 e. The van der Waals surface area contributed by atoms with E-state index in [9.17, 15) is 9.59 Å². The summed E-state index contributed by atoms with van der Waals surface area (Å²) < 4.78 is 5.73. The fourth-order valence-corrected chi connectivity index (χ4v) is 3.37. The third-order valence-corrected chi connectivity index (χ3v) is 4.97. The summed E-state index contributed by atoms with van der Waals surface area (Å²) in [4.78, 5) is 28.7. The molecule has 0 aromatic heterocycles. The number of hydrogen-bond acceptors (Lipinski definition) is 4. The number of anilines is 2. The van der Waals surface area contributed by atoms with Crippen molar-refractivity contribution in [2.45, 2.75) is 0 Å². The van der Waals surface area contributed by atoms with Crippen LogP contribution >= 0.6 is 0 Å². The molecule has 0 saturated carbocycles. The van der Waals surface area contributed by atoms with Crippen molar-refractivity contribution in [3.05, 3.63) is 84.9 Å². The summed E-state index contributed by atoms with van der Waals surface area (Å²) in [7, 11) is 0. The molecule has 1 N–H and O–H groups in total. The van der Waals surface area contributed by atoms with Gasteiger partial charge in [0.05, 0.1) is 0 Å². The van der Waals surface area contributed by atoms with Crippen molar-refractivity contribution >= 4 is 23.2 Å². The van der Waals surface area contributed by atoms with E-state index in [2.05, 4.69) is 22.3 Å². The van der Waals surface area contributed by atoms with E-state index in [0.29, 0.717) is 37.6 Å². The highest BCUT2D eigenvalue weighted by Gasteiger charge is 2.26. The van der Waals surface area contributed by atoms with Crippen LogP contribution in [0.2, 0.25) is 0 Å². The Balaban J connectivity index is 1.29. The van der Waals surface area contributed by atoms with E-state index in [0.717, 1.165) is 11.4 Å². The smallest absolute Gasteiger partial charge is 0.313 e. The molecule has 1 fully saturated rings. The molecule has 0 radical (unpaired) electrons. The summed E-state index contributed by atoms with van der Waals surface area (Å²) in [6.07, 6.45) is 0. The zero-order chi connectivity index (χ0) is 20.8. The quantitative estimate of drug-likeness (QED) is 0.676. The summed E-state index contributed by atoms with van der Waals surface area (Å²) in [6.45, 7) is 2.44. The van der Waals surface area contributed by atoms with Gasteiger partial charge in [-0.25, -0.2) is 0 Å². The molecule has 0 unspecified atom stereocenters. The van der Waals surface area contributed by atoms with E-state index in [-0.39, 0.29) is 0 Å². The van der Waals surface area contributed by atoms with Crippen molar-refractivity contribution < 1.29 is 14.3 Å². The Bertz CT molecular complexity index is 983. The van der Waals surface area contributed by atoms with Gasteiger partial charge in [0.2, 0.25) is 0 Å². The normalized spacial score (nSPS) is 13.6. The number of rotatable bonds is 4. The summed E-state index contributed by atoms with van der Waals surface area (Å²) in [6, 6.07) is 26.5. The molecule has 0 atom stereocenters. The number of piperazine rings is 1. The fourth-order valence-electron chi connectivity index (χ4n) is 3.37. The topological polar surface area (TPSA) is 61.9 Å². The molecule has 0 spiro atoms. The average molecular weight is 401 g/mol. The molecule has 1 aliphatic heterocycles. The zero-order valence-corrected chi connectivity index (χ0v) is 16.5. The number of amides is 2. The van der Waals surface area contributed by atoms with Gasteiger partial charge in [-0.2, -0.15) is 0 Å². The predicted molar refractivity (Wildman–Crippen MR) is 117 cm³/mol. The Labute approximate surface area is 175 Å². The van der Waals surface area contributed by atoms with Crippen LogP contribution in [0.5, 0.6) is 11.5 Å². The highest BCUT2D eigenvalue weighted by atomic mass is 16.5. The van der Waals surface area contributed by atoms with Gasteiger partial charge in [0, 0.05) is 37.6 Å². The standard InChI is InChI=1S/C24H23N3O3/c28-23(24(29)27-17-15-26(16-18-27)20-7-3-1-4-8-20)25-19-11-13-22(14-12-19)30-21-9-5-2-6-10-21/h1-14H,15-18H2,(H,25,28). The second-order valence-electron chi connectivity index (χ2n) is 7.01. The lowest BCUT2D eigenvalue weighted by Gasteiger charge is -2.35. The van der Waals surface area contributed by atoms with Crippen LogP contribution < -0.4 is 15.0 Å². The van der Waals surface area contributed by atoms with Gasteiger partial charge in [0.25, 0.3) is 0 Å². The van der Waals surface area contributed by atoms with Crippen LogP contribution in [0.4, 0.5) is 11.4 Å². The molecule has 30 heavy (non-hydrogen) atoms. The van der Waals surface area contributed by atoms with Crippen molar-refractivity contribution in [3.8, 4) is 11.5 Å². The van der Waals surface area contributed by atoms with Gasteiger partial charge in [0.15, 0.2) is 0 Å². The summed E-state index contributed by atoms with van der Waals surface area (Å²) in [5.41, 5.74) is 1.68. The lowest BCUT2D eigenvalue weighted by atomic mass is 10.2. The third-order valence-electron chi connectivity index (χ3n) is 4.97. The molecule has 2 amide bonds. The molecule has 1 saturated heterocycles. The van der Waals surface area contributed by atoms with Crippen molar-refractivity contribution in [2.75, 3.05) is 36.4 Å². The van der Waals surface area contributed by atoms with E-state index < -0.39 is 11.8 Å². The zero-order valence-electron chi connectivity index (χ0n) is 16.5. The number of hydrogen-bond donors (Lipinski definition) is 1. The Morgan fingerprint density at radius 1 is 0.700 bits per heavy atom. The SMILES string of the molecule is O=C(Nc1ccc(Oc2ccccc2)cc1)C(=O)N1CCN(c2ccccc2)CC1. The highest BCUT2D eigenvalue weighted by molar-refractivity contribution is 6.39. The summed E-state index contributed by atoms with van der Waals surface area (Å²) in [5.74, 6) is 0.258. The maximum absolute atomic E-state index is 12.5. The van der Waals surface area contributed by atoms with Gasteiger partial charge in [-0.3, -0.25) is 9.59 Å². The predicted octanol–water partition coefficient (Wildman–Crippen LogP) is 3.77. The van der Waals surface area contributed by atoms with E-state index >= 15 is 0 Å². The fraction of sp³-hybridized carbons (Fsp3) is 0.167. The number of benzene rings is 3. The maximum atomic E-state index is 12.5. The second-order valence-corrected chi connectivity index (χ2v) is 7.01. The molecular formula is C24H23N3O3. The lowest BCUT2D eigenvalue weighted by molar-refractivity contribution is -0.143. The van der Waals surface area contributed by atoms with Crippen LogP contribution in [0, 0.1) is 0 Å². The van der Waals surface area contributed by atoms with Gasteiger partial charge in [-0.1, -0.05) is 36.4 Å². The second kappa shape index (κ2) is 9.13. The van der Waals surface area contributed by atoms with E-state index in [1.165, 1.54) is 0 Å². The van der Waals surface area contributed by atoms with Crippen molar-refractivity contribution in [2.24, 2.45) is 0 Å². The number of nitrogens with one attached hydrogen (secondary N) is 1. The van der Waals surface area contributed by atoms with E-state index in [1.807, 2.05) is 48.5 Å². The molecule has 1 aliphatic rings. The molecule has 3 aromatic rings. The van der Waals surface area contributed by atoms with Gasteiger partial charge >= 0.3 is 11.8 Å². The number of ether oxygens (including phenoxy) is 1. The minimum absolute atomic E-state index is 0.507. The van der Waals surface area contributed by atoms with Crippen molar-refractivity contribution in [3.63, 3.8) is 0 Å². The number of carbonyl (C=O) groups excluding carboxylic acids is 2. The largest absolute Gasteiger partial charge is 0.457 e. The van der Waals surface area contributed by atoms with Gasteiger partial charge in [-0.05, 0) is 48.5 Å². The molecule has 4 rings (SSSR count). The molecule has 1 heterocycles. The first kappa shape index (κ1) is 19.5. The first-order valence-electron chi connectivity index (χ1n) is 9.92. The monoisotopic (exact) mass is 401 g/mol. The molecule has 152 valence electrons. The first-order chi connectivity index (χ1) is 14.7. The molecule has 6 nitrogen and oxygen atoms in total. The van der Waals surface area contributed by atoms with E-state index in [4.69, 9.17) is 4.74 Å². The van der Waals surface area contributed by atoms with Gasteiger partial charge in [0.1, 0.15) is 11.5 Å². The summed E-state index contributed by atoms with van der Waals surface area (Å²) >= 11 is 0. The maximum Gasteiger partial charge on any atom is 0.313 e. The van der Waals surface area contributed by atoms with Crippen LogP contribution in [0.3, 0.4) is 0 Å².